The standard InChI is InChI=1S/C15H24N2O2/c1-6-16-15(3,4)14(18)17-11(2)12-7-9-13(19-5)10-8-12/h7-11,16H,6H2,1-5H3,(H,17,18). The summed E-state index contributed by atoms with van der Waals surface area (Å²) in [7, 11) is 1.64. The minimum absolute atomic E-state index is 0.00216. The number of likely N-dealkylation sites (N-methyl/N-ethyl adjacent to an activating group) is 1. The van der Waals surface area contributed by atoms with Crippen LogP contribution in [0.25, 0.3) is 0 Å². The van der Waals surface area contributed by atoms with Crippen molar-refractivity contribution in [2.45, 2.75) is 39.3 Å². The van der Waals surface area contributed by atoms with Crippen LogP contribution in [0, 0.1) is 0 Å². The van der Waals surface area contributed by atoms with E-state index in [1.165, 1.54) is 0 Å². The molecule has 0 saturated heterocycles. The van der Waals surface area contributed by atoms with Gasteiger partial charge < -0.3 is 15.4 Å². The second kappa shape index (κ2) is 6.57. The summed E-state index contributed by atoms with van der Waals surface area (Å²) in [6.07, 6.45) is 0. The summed E-state index contributed by atoms with van der Waals surface area (Å²) in [6, 6.07) is 7.69. The Morgan fingerprint density at radius 2 is 1.89 bits per heavy atom. The molecule has 0 aromatic heterocycles. The van der Waals surface area contributed by atoms with Crippen molar-refractivity contribution in [2.75, 3.05) is 13.7 Å². The Kier molecular flexibility index (Phi) is 5.36. The quantitative estimate of drug-likeness (QED) is 0.828. The number of carbonyl (C=O) groups excluding carboxylic acids is 1. The summed E-state index contributed by atoms with van der Waals surface area (Å²) in [5, 5.41) is 6.18. The highest BCUT2D eigenvalue weighted by atomic mass is 16.5. The third kappa shape index (κ3) is 4.24. The number of rotatable bonds is 6. The number of amides is 1. The predicted molar refractivity (Wildman–Crippen MR) is 77.3 cm³/mol. The van der Waals surface area contributed by atoms with E-state index >= 15 is 0 Å². The van der Waals surface area contributed by atoms with Crippen molar-refractivity contribution in [3.8, 4) is 5.75 Å². The fourth-order valence-electron chi connectivity index (χ4n) is 1.88. The second-order valence-corrected chi connectivity index (χ2v) is 5.12. The van der Waals surface area contributed by atoms with E-state index in [4.69, 9.17) is 4.74 Å². The molecule has 0 radical (unpaired) electrons. The van der Waals surface area contributed by atoms with Crippen LogP contribution in [0.2, 0.25) is 0 Å². The van der Waals surface area contributed by atoms with E-state index in [0.29, 0.717) is 0 Å². The van der Waals surface area contributed by atoms with Crippen LogP contribution < -0.4 is 15.4 Å². The minimum atomic E-state index is -0.560. The average molecular weight is 264 g/mol. The van der Waals surface area contributed by atoms with Gasteiger partial charge in [0, 0.05) is 0 Å². The van der Waals surface area contributed by atoms with Gasteiger partial charge in [-0.2, -0.15) is 0 Å². The molecule has 1 unspecified atom stereocenters. The molecule has 1 atom stereocenters. The van der Waals surface area contributed by atoms with E-state index in [1.807, 2.05) is 52.0 Å². The first-order valence-corrected chi connectivity index (χ1v) is 6.60. The average Bonchev–Trinajstić information content (AvgIpc) is 2.38. The maximum absolute atomic E-state index is 12.2. The second-order valence-electron chi connectivity index (χ2n) is 5.12. The fraction of sp³-hybridized carbons (Fsp3) is 0.533. The number of methoxy groups -OCH3 is 1. The van der Waals surface area contributed by atoms with Crippen LogP contribution in [-0.2, 0) is 4.79 Å². The first-order valence-electron chi connectivity index (χ1n) is 6.60. The third-order valence-electron chi connectivity index (χ3n) is 3.15. The molecule has 4 heteroatoms. The summed E-state index contributed by atoms with van der Waals surface area (Å²) in [6.45, 7) is 8.49. The molecule has 2 N–H and O–H groups in total. The fourth-order valence-corrected chi connectivity index (χ4v) is 1.88. The Morgan fingerprint density at radius 3 is 2.37 bits per heavy atom. The smallest absolute Gasteiger partial charge is 0.240 e. The van der Waals surface area contributed by atoms with Gasteiger partial charge in [-0.25, -0.2) is 0 Å². The van der Waals surface area contributed by atoms with E-state index in [9.17, 15) is 4.79 Å². The molecule has 0 heterocycles. The van der Waals surface area contributed by atoms with Crippen LogP contribution in [0.5, 0.6) is 5.75 Å². The van der Waals surface area contributed by atoms with Gasteiger partial charge >= 0.3 is 0 Å². The van der Waals surface area contributed by atoms with Crippen molar-refractivity contribution in [2.24, 2.45) is 0 Å². The Hall–Kier alpha value is -1.55. The van der Waals surface area contributed by atoms with Gasteiger partial charge in [0.15, 0.2) is 0 Å². The lowest BCUT2D eigenvalue weighted by Crippen LogP contribution is -2.52. The molecule has 0 aliphatic rings. The highest BCUT2D eigenvalue weighted by Crippen LogP contribution is 2.18. The Labute approximate surface area is 115 Å². The lowest BCUT2D eigenvalue weighted by molar-refractivity contribution is -0.127. The zero-order valence-electron chi connectivity index (χ0n) is 12.4. The minimum Gasteiger partial charge on any atom is -0.497 e. The van der Waals surface area contributed by atoms with Crippen molar-refractivity contribution < 1.29 is 9.53 Å². The monoisotopic (exact) mass is 264 g/mol. The van der Waals surface area contributed by atoms with Gasteiger partial charge in [-0.1, -0.05) is 19.1 Å². The van der Waals surface area contributed by atoms with Gasteiger partial charge in [0.1, 0.15) is 5.75 Å². The lowest BCUT2D eigenvalue weighted by atomic mass is 10.0. The largest absolute Gasteiger partial charge is 0.497 e. The number of hydrogen-bond donors (Lipinski definition) is 2. The van der Waals surface area contributed by atoms with Crippen LogP contribution in [-0.4, -0.2) is 25.1 Å². The number of nitrogens with one attached hydrogen (secondary N) is 2. The lowest BCUT2D eigenvalue weighted by Gasteiger charge is -2.27. The Morgan fingerprint density at radius 1 is 1.32 bits per heavy atom. The van der Waals surface area contributed by atoms with Crippen molar-refractivity contribution in [3.05, 3.63) is 29.8 Å². The summed E-state index contributed by atoms with van der Waals surface area (Å²) in [5.41, 5.74) is 0.497. The van der Waals surface area contributed by atoms with Crippen LogP contribution in [0.15, 0.2) is 24.3 Å². The van der Waals surface area contributed by atoms with Gasteiger partial charge in [-0.3, -0.25) is 4.79 Å². The van der Waals surface area contributed by atoms with E-state index in [2.05, 4.69) is 10.6 Å². The first kappa shape index (κ1) is 15.5. The van der Waals surface area contributed by atoms with Crippen molar-refractivity contribution in [1.29, 1.82) is 0 Å². The topological polar surface area (TPSA) is 50.4 Å². The van der Waals surface area contributed by atoms with Gasteiger partial charge in [-0.05, 0) is 45.0 Å². The summed E-state index contributed by atoms with van der Waals surface area (Å²) in [4.78, 5) is 12.2. The van der Waals surface area contributed by atoms with Gasteiger partial charge in [-0.15, -0.1) is 0 Å². The van der Waals surface area contributed by atoms with E-state index in [-0.39, 0.29) is 11.9 Å². The number of hydrogen-bond acceptors (Lipinski definition) is 3. The van der Waals surface area contributed by atoms with Crippen LogP contribution in [0.1, 0.15) is 39.3 Å². The zero-order valence-corrected chi connectivity index (χ0v) is 12.4. The Bertz CT molecular complexity index is 413. The van der Waals surface area contributed by atoms with Gasteiger partial charge in [0.25, 0.3) is 0 Å². The predicted octanol–water partition coefficient (Wildman–Crippen LogP) is 2.26. The number of ether oxygens (including phenoxy) is 1. The maximum Gasteiger partial charge on any atom is 0.240 e. The zero-order chi connectivity index (χ0) is 14.5. The molecule has 0 spiro atoms. The SMILES string of the molecule is CCNC(C)(C)C(=O)NC(C)c1ccc(OC)cc1. The summed E-state index contributed by atoms with van der Waals surface area (Å²) < 4.78 is 5.12. The molecule has 0 aliphatic carbocycles. The molecule has 1 rings (SSSR count). The normalized spacial score (nSPS) is 12.9. The van der Waals surface area contributed by atoms with Crippen molar-refractivity contribution in [3.63, 3.8) is 0 Å². The molecule has 1 amide bonds. The molecule has 1 aromatic rings. The number of benzene rings is 1. The molecule has 0 bridgehead atoms. The molecule has 19 heavy (non-hydrogen) atoms. The molecule has 0 saturated carbocycles. The molecule has 4 nitrogen and oxygen atoms in total. The molecule has 0 fully saturated rings. The summed E-state index contributed by atoms with van der Waals surface area (Å²) in [5.74, 6) is 0.813. The Balaban J connectivity index is 2.68. The molecular weight excluding hydrogens is 240 g/mol. The summed E-state index contributed by atoms with van der Waals surface area (Å²) >= 11 is 0. The van der Waals surface area contributed by atoms with E-state index < -0.39 is 5.54 Å². The van der Waals surface area contributed by atoms with E-state index in [0.717, 1.165) is 17.9 Å². The van der Waals surface area contributed by atoms with Gasteiger partial charge in [0.2, 0.25) is 5.91 Å². The van der Waals surface area contributed by atoms with Crippen LogP contribution >= 0.6 is 0 Å². The highest BCUT2D eigenvalue weighted by Gasteiger charge is 2.27. The third-order valence-corrected chi connectivity index (χ3v) is 3.15. The first-order chi connectivity index (χ1) is 8.90. The van der Waals surface area contributed by atoms with Gasteiger partial charge in [0.05, 0.1) is 18.7 Å². The molecule has 1 aromatic carbocycles. The molecular formula is C15H24N2O2. The van der Waals surface area contributed by atoms with Crippen LogP contribution in [0.4, 0.5) is 0 Å². The van der Waals surface area contributed by atoms with Crippen LogP contribution in [0.3, 0.4) is 0 Å². The van der Waals surface area contributed by atoms with E-state index in [1.54, 1.807) is 7.11 Å². The van der Waals surface area contributed by atoms with Crippen molar-refractivity contribution >= 4 is 5.91 Å². The molecule has 0 aliphatic heterocycles. The highest BCUT2D eigenvalue weighted by molar-refractivity contribution is 5.85. The number of carbonyl (C=O) groups is 1. The van der Waals surface area contributed by atoms with Crippen molar-refractivity contribution in [1.82, 2.24) is 10.6 Å². The molecule has 106 valence electrons. The maximum atomic E-state index is 12.2.